The second kappa shape index (κ2) is 6.12. The van der Waals surface area contributed by atoms with Gasteiger partial charge in [0, 0.05) is 9.77 Å². The minimum atomic E-state index is 0.905. The van der Waals surface area contributed by atoms with E-state index in [1.165, 1.54) is 15.3 Å². The standard InChI is InChI=1S/C13H11NS3/c1-2-16-11-5-3-10(4-6-11)12-7-8-13(17-12)14-9-15/h3-8H,2H2,1H3. The van der Waals surface area contributed by atoms with Gasteiger partial charge in [-0.1, -0.05) is 19.1 Å². The minimum Gasteiger partial charge on any atom is -0.184 e. The van der Waals surface area contributed by atoms with Crippen molar-refractivity contribution in [2.45, 2.75) is 11.8 Å². The fraction of sp³-hybridized carbons (Fsp3) is 0.154. The largest absolute Gasteiger partial charge is 0.184 e. The molecule has 0 amide bonds. The molecule has 0 unspecified atom stereocenters. The zero-order valence-electron chi connectivity index (χ0n) is 9.34. The molecule has 1 aromatic carbocycles. The van der Waals surface area contributed by atoms with Crippen LogP contribution in [0.1, 0.15) is 6.92 Å². The zero-order valence-corrected chi connectivity index (χ0v) is 11.8. The third-order valence-corrected chi connectivity index (χ3v) is 4.21. The smallest absolute Gasteiger partial charge is 0.127 e. The van der Waals surface area contributed by atoms with Crippen molar-refractivity contribution in [1.29, 1.82) is 0 Å². The van der Waals surface area contributed by atoms with Crippen LogP contribution in [0.5, 0.6) is 0 Å². The van der Waals surface area contributed by atoms with Crippen LogP contribution in [-0.2, 0) is 0 Å². The molecule has 17 heavy (non-hydrogen) atoms. The maximum Gasteiger partial charge on any atom is 0.127 e. The maximum absolute atomic E-state index is 4.59. The van der Waals surface area contributed by atoms with Crippen LogP contribution in [0.25, 0.3) is 10.4 Å². The summed E-state index contributed by atoms with van der Waals surface area (Å²) in [7, 11) is 0. The van der Waals surface area contributed by atoms with E-state index in [0.29, 0.717) is 0 Å². The van der Waals surface area contributed by atoms with Gasteiger partial charge >= 0.3 is 0 Å². The Morgan fingerprint density at radius 1 is 1.24 bits per heavy atom. The normalized spacial score (nSPS) is 9.94. The number of nitrogens with zero attached hydrogens (tertiary/aromatic N) is 1. The quantitative estimate of drug-likeness (QED) is 0.429. The molecule has 0 aliphatic carbocycles. The van der Waals surface area contributed by atoms with E-state index in [1.54, 1.807) is 11.3 Å². The molecule has 0 N–H and O–H groups in total. The van der Waals surface area contributed by atoms with Gasteiger partial charge in [0.05, 0.1) is 5.16 Å². The van der Waals surface area contributed by atoms with Gasteiger partial charge in [0.2, 0.25) is 0 Å². The van der Waals surface area contributed by atoms with Crippen molar-refractivity contribution in [3.63, 3.8) is 0 Å². The number of aliphatic imine (C=N–C) groups is 1. The summed E-state index contributed by atoms with van der Waals surface area (Å²) in [6, 6.07) is 12.6. The molecule has 0 radical (unpaired) electrons. The lowest BCUT2D eigenvalue weighted by Crippen LogP contribution is -1.74. The summed E-state index contributed by atoms with van der Waals surface area (Å²) in [5.74, 6) is 1.10. The van der Waals surface area contributed by atoms with Gasteiger partial charge in [0.15, 0.2) is 0 Å². The molecular formula is C13H11NS3. The molecule has 4 heteroatoms. The Hall–Kier alpha value is -0.930. The van der Waals surface area contributed by atoms with Crippen molar-refractivity contribution in [2.24, 2.45) is 4.99 Å². The Morgan fingerprint density at radius 2 is 2.00 bits per heavy atom. The van der Waals surface area contributed by atoms with Crippen molar-refractivity contribution < 1.29 is 0 Å². The van der Waals surface area contributed by atoms with Crippen molar-refractivity contribution in [3.05, 3.63) is 36.4 Å². The molecule has 0 atom stereocenters. The maximum atomic E-state index is 4.59. The van der Waals surface area contributed by atoms with Crippen LogP contribution >= 0.6 is 35.3 Å². The van der Waals surface area contributed by atoms with Crippen LogP contribution in [0.4, 0.5) is 5.00 Å². The summed E-state index contributed by atoms with van der Waals surface area (Å²) < 4.78 is 0. The summed E-state index contributed by atoms with van der Waals surface area (Å²) >= 11 is 8.07. The fourth-order valence-electron chi connectivity index (χ4n) is 1.47. The highest BCUT2D eigenvalue weighted by Gasteiger charge is 2.02. The Balaban J connectivity index is 2.23. The van der Waals surface area contributed by atoms with Gasteiger partial charge < -0.3 is 0 Å². The lowest BCUT2D eigenvalue weighted by Gasteiger charge is -2.00. The second-order valence-electron chi connectivity index (χ2n) is 3.30. The Labute approximate surface area is 115 Å². The van der Waals surface area contributed by atoms with Crippen LogP contribution in [0, 0.1) is 0 Å². The fourth-order valence-corrected chi connectivity index (χ4v) is 3.13. The van der Waals surface area contributed by atoms with Gasteiger partial charge in [-0.15, -0.1) is 23.1 Å². The van der Waals surface area contributed by atoms with Gasteiger partial charge in [0.25, 0.3) is 0 Å². The van der Waals surface area contributed by atoms with Gasteiger partial charge in [0.1, 0.15) is 5.00 Å². The first-order chi connectivity index (χ1) is 8.33. The predicted molar refractivity (Wildman–Crippen MR) is 80.8 cm³/mol. The Morgan fingerprint density at radius 3 is 2.65 bits per heavy atom. The van der Waals surface area contributed by atoms with E-state index in [4.69, 9.17) is 0 Å². The number of thiophene rings is 1. The average molecular weight is 277 g/mol. The summed E-state index contributed by atoms with van der Waals surface area (Å²) in [5, 5.41) is 3.29. The average Bonchev–Trinajstić information content (AvgIpc) is 2.80. The van der Waals surface area contributed by atoms with E-state index in [0.717, 1.165) is 10.8 Å². The minimum absolute atomic E-state index is 0.905. The van der Waals surface area contributed by atoms with Gasteiger partial charge in [-0.3, -0.25) is 0 Å². The van der Waals surface area contributed by atoms with Crippen molar-refractivity contribution in [2.75, 3.05) is 5.75 Å². The van der Waals surface area contributed by atoms with Crippen molar-refractivity contribution in [1.82, 2.24) is 0 Å². The first kappa shape index (κ1) is 12.5. The lowest BCUT2D eigenvalue weighted by atomic mass is 10.2. The topological polar surface area (TPSA) is 12.4 Å². The molecule has 2 aromatic rings. The molecule has 2 rings (SSSR count). The molecule has 86 valence electrons. The van der Waals surface area contributed by atoms with Crippen LogP contribution in [0.2, 0.25) is 0 Å². The summed E-state index contributed by atoms with van der Waals surface area (Å²) in [5.41, 5.74) is 1.22. The predicted octanol–water partition coefficient (Wildman–Crippen LogP) is 5.26. The third kappa shape index (κ3) is 3.27. The SMILES string of the molecule is CCSc1ccc(-c2ccc(N=C=S)s2)cc1. The molecule has 0 saturated heterocycles. The number of hydrogen-bond acceptors (Lipinski definition) is 4. The van der Waals surface area contributed by atoms with Crippen molar-refractivity contribution >= 4 is 45.5 Å². The van der Waals surface area contributed by atoms with Gasteiger partial charge in [-0.05, 0) is 47.8 Å². The molecule has 0 spiro atoms. The second-order valence-corrected chi connectivity index (χ2v) is 5.88. The molecule has 0 bridgehead atoms. The van der Waals surface area contributed by atoms with E-state index >= 15 is 0 Å². The highest BCUT2D eigenvalue weighted by Crippen LogP contribution is 2.33. The number of hydrogen-bond donors (Lipinski definition) is 0. The first-order valence-corrected chi connectivity index (χ1v) is 7.45. The highest BCUT2D eigenvalue weighted by atomic mass is 32.2. The van der Waals surface area contributed by atoms with Crippen LogP contribution < -0.4 is 0 Å². The monoisotopic (exact) mass is 277 g/mol. The number of benzene rings is 1. The van der Waals surface area contributed by atoms with E-state index in [1.807, 2.05) is 17.8 Å². The van der Waals surface area contributed by atoms with Crippen molar-refractivity contribution in [3.8, 4) is 10.4 Å². The third-order valence-electron chi connectivity index (χ3n) is 2.20. The number of isothiocyanates is 1. The van der Waals surface area contributed by atoms with Crippen LogP contribution in [0.15, 0.2) is 46.3 Å². The zero-order chi connectivity index (χ0) is 12.1. The molecule has 0 aliphatic rings. The summed E-state index contributed by atoms with van der Waals surface area (Å²) in [6.45, 7) is 2.16. The van der Waals surface area contributed by atoms with Crippen LogP contribution in [0.3, 0.4) is 0 Å². The van der Waals surface area contributed by atoms with E-state index in [9.17, 15) is 0 Å². The van der Waals surface area contributed by atoms with E-state index in [-0.39, 0.29) is 0 Å². The number of thiocarbonyl (C=S) groups is 1. The molecule has 1 heterocycles. The van der Waals surface area contributed by atoms with Crippen LogP contribution in [-0.4, -0.2) is 10.9 Å². The first-order valence-electron chi connectivity index (χ1n) is 5.24. The molecule has 1 aromatic heterocycles. The Kier molecular flexibility index (Phi) is 4.51. The highest BCUT2D eigenvalue weighted by molar-refractivity contribution is 7.99. The molecule has 0 fully saturated rings. The van der Waals surface area contributed by atoms with Gasteiger partial charge in [-0.2, -0.15) is 4.99 Å². The Bertz CT molecular complexity index is 536. The molecule has 1 nitrogen and oxygen atoms in total. The summed E-state index contributed by atoms with van der Waals surface area (Å²) in [4.78, 5) is 6.50. The molecule has 0 saturated carbocycles. The molecular weight excluding hydrogens is 266 g/mol. The number of thioether (sulfide) groups is 1. The molecule has 0 aliphatic heterocycles. The van der Waals surface area contributed by atoms with E-state index in [2.05, 4.69) is 59.6 Å². The lowest BCUT2D eigenvalue weighted by molar-refractivity contribution is 1.43. The van der Waals surface area contributed by atoms with E-state index < -0.39 is 0 Å². The number of rotatable bonds is 4. The summed E-state index contributed by atoms with van der Waals surface area (Å²) in [6.07, 6.45) is 0. The van der Waals surface area contributed by atoms with Gasteiger partial charge in [-0.25, -0.2) is 0 Å².